The van der Waals surface area contributed by atoms with E-state index in [0.717, 1.165) is 17.7 Å². The van der Waals surface area contributed by atoms with Crippen LogP contribution >= 0.6 is 0 Å². The Morgan fingerprint density at radius 1 is 1.19 bits per heavy atom. The molecule has 2 aromatic heterocycles. The molecule has 0 fully saturated rings. The number of carbonyl (C=O) groups is 1. The second-order valence-corrected chi connectivity index (χ2v) is 6.01. The molecule has 0 spiro atoms. The maximum Gasteiger partial charge on any atom is 0.416 e. The highest BCUT2D eigenvalue weighted by molar-refractivity contribution is 5.72. The molecule has 0 aliphatic heterocycles. The van der Waals surface area contributed by atoms with Crippen molar-refractivity contribution in [3.8, 4) is 0 Å². The first kappa shape index (κ1) is 18.6. The number of alkyl halides is 3. The van der Waals surface area contributed by atoms with Gasteiger partial charge in [0.1, 0.15) is 12.3 Å². The van der Waals surface area contributed by atoms with Crippen LogP contribution < -0.4 is 5.56 Å². The van der Waals surface area contributed by atoms with Gasteiger partial charge in [-0.3, -0.25) is 14.0 Å². The SMILES string of the molecule is Cc1cccn2c(=O)cc(COC(=O)Cc3cccc(C(F)(F)F)c3)nc12. The van der Waals surface area contributed by atoms with Crippen LogP contribution in [0.4, 0.5) is 13.2 Å². The Morgan fingerprint density at radius 2 is 1.96 bits per heavy atom. The number of rotatable bonds is 4. The van der Waals surface area contributed by atoms with Crippen LogP contribution in [0.1, 0.15) is 22.4 Å². The van der Waals surface area contributed by atoms with Gasteiger partial charge in [0.25, 0.3) is 5.56 Å². The molecular formula is C19H15F3N2O3. The second kappa shape index (κ2) is 7.22. The summed E-state index contributed by atoms with van der Waals surface area (Å²) < 4.78 is 44.6. The van der Waals surface area contributed by atoms with Crippen molar-refractivity contribution in [2.45, 2.75) is 26.1 Å². The number of hydrogen-bond acceptors (Lipinski definition) is 4. The molecule has 5 nitrogen and oxygen atoms in total. The topological polar surface area (TPSA) is 60.7 Å². The van der Waals surface area contributed by atoms with Crippen molar-refractivity contribution < 1.29 is 22.7 Å². The van der Waals surface area contributed by atoms with E-state index in [1.165, 1.54) is 22.6 Å². The third-order valence-electron chi connectivity index (χ3n) is 3.92. The van der Waals surface area contributed by atoms with Crippen LogP contribution in [-0.2, 0) is 28.7 Å². The van der Waals surface area contributed by atoms with Crippen LogP contribution in [0.15, 0.2) is 53.5 Å². The minimum absolute atomic E-state index is 0.192. The molecule has 3 aromatic rings. The molecule has 140 valence electrons. The van der Waals surface area contributed by atoms with Crippen LogP contribution in [0.5, 0.6) is 0 Å². The van der Waals surface area contributed by atoms with E-state index in [1.807, 2.05) is 0 Å². The number of halogens is 3. The number of aromatic nitrogens is 2. The fraction of sp³-hybridized carbons (Fsp3) is 0.211. The Balaban J connectivity index is 1.70. The van der Waals surface area contributed by atoms with Crippen molar-refractivity contribution >= 4 is 11.6 Å². The van der Waals surface area contributed by atoms with Crippen LogP contribution in [0.2, 0.25) is 0 Å². The first-order valence-electron chi connectivity index (χ1n) is 8.04. The summed E-state index contributed by atoms with van der Waals surface area (Å²) in [5.41, 5.74) is 0.560. The summed E-state index contributed by atoms with van der Waals surface area (Å²) in [5, 5.41) is 0. The van der Waals surface area contributed by atoms with Crippen molar-refractivity contribution in [2.75, 3.05) is 0 Å². The normalized spacial score (nSPS) is 11.6. The molecule has 0 N–H and O–H groups in total. The van der Waals surface area contributed by atoms with Gasteiger partial charge < -0.3 is 4.74 Å². The van der Waals surface area contributed by atoms with E-state index in [1.54, 1.807) is 25.3 Å². The summed E-state index contributed by atoms with van der Waals surface area (Å²) in [6.45, 7) is 1.56. The Hall–Kier alpha value is -3.16. The number of aryl methyl sites for hydroxylation is 1. The van der Waals surface area contributed by atoms with Gasteiger partial charge in [-0.25, -0.2) is 4.98 Å². The third-order valence-corrected chi connectivity index (χ3v) is 3.92. The van der Waals surface area contributed by atoms with Gasteiger partial charge in [-0.2, -0.15) is 13.2 Å². The maximum absolute atomic E-state index is 12.7. The average molecular weight is 376 g/mol. The Kier molecular flexibility index (Phi) is 4.98. The number of nitrogens with zero attached hydrogens (tertiary/aromatic N) is 2. The van der Waals surface area contributed by atoms with E-state index >= 15 is 0 Å². The minimum atomic E-state index is -4.48. The van der Waals surface area contributed by atoms with Crippen LogP contribution in [0.25, 0.3) is 5.65 Å². The van der Waals surface area contributed by atoms with E-state index in [2.05, 4.69) is 4.98 Å². The molecule has 8 heteroatoms. The predicted octanol–water partition coefficient (Wildman–Crippen LogP) is 3.31. The molecule has 1 aromatic carbocycles. The number of hydrogen-bond donors (Lipinski definition) is 0. The van der Waals surface area contributed by atoms with Crippen molar-refractivity contribution in [3.05, 3.63) is 81.4 Å². The fourth-order valence-electron chi connectivity index (χ4n) is 2.61. The molecule has 0 saturated heterocycles. The molecule has 0 bridgehead atoms. The van der Waals surface area contributed by atoms with Gasteiger partial charge in [-0.1, -0.05) is 24.3 Å². The zero-order valence-electron chi connectivity index (χ0n) is 14.3. The molecule has 0 aliphatic carbocycles. The number of esters is 1. The lowest BCUT2D eigenvalue weighted by Gasteiger charge is -2.09. The van der Waals surface area contributed by atoms with Gasteiger partial charge >= 0.3 is 12.1 Å². The quantitative estimate of drug-likeness (QED) is 0.656. The summed E-state index contributed by atoms with van der Waals surface area (Å²) in [7, 11) is 0. The summed E-state index contributed by atoms with van der Waals surface area (Å²) >= 11 is 0. The van der Waals surface area contributed by atoms with Gasteiger partial charge in [0, 0.05) is 12.3 Å². The van der Waals surface area contributed by atoms with Crippen LogP contribution in [-0.4, -0.2) is 15.4 Å². The summed E-state index contributed by atoms with van der Waals surface area (Å²) in [5.74, 6) is -0.707. The van der Waals surface area contributed by atoms with E-state index in [4.69, 9.17) is 4.74 Å². The molecule has 0 unspecified atom stereocenters. The molecular weight excluding hydrogens is 361 g/mol. The second-order valence-electron chi connectivity index (χ2n) is 6.01. The number of ether oxygens (including phenoxy) is 1. The smallest absolute Gasteiger partial charge is 0.416 e. The van der Waals surface area contributed by atoms with Crippen molar-refractivity contribution in [1.82, 2.24) is 9.38 Å². The monoisotopic (exact) mass is 376 g/mol. The van der Waals surface area contributed by atoms with E-state index in [0.29, 0.717) is 5.65 Å². The fourth-order valence-corrected chi connectivity index (χ4v) is 2.61. The lowest BCUT2D eigenvalue weighted by molar-refractivity contribution is -0.144. The molecule has 0 radical (unpaired) electrons. The summed E-state index contributed by atoms with van der Waals surface area (Å²) in [6, 6.07) is 9.27. The van der Waals surface area contributed by atoms with Crippen molar-refractivity contribution in [1.29, 1.82) is 0 Å². The number of carbonyl (C=O) groups excluding carboxylic acids is 1. The van der Waals surface area contributed by atoms with Crippen LogP contribution in [0.3, 0.4) is 0 Å². The van der Waals surface area contributed by atoms with E-state index in [9.17, 15) is 22.8 Å². The third kappa shape index (κ3) is 4.33. The summed E-state index contributed by atoms with van der Waals surface area (Å²) in [4.78, 5) is 28.3. The number of fused-ring (bicyclic) bond motifs is 1. The molecule has 3 rings (SSSR count). The van der Waals surface area contributed by atoms with Gasteiger partial charge in [0.15, 0.2) is 0 Å². The van der Waals surface area contributed by atoms with Crippen molar-refractivity contribution in [2.24, 2.45) is 0 Å². The lowest BCUT2D eigenvalue weighted by Crippen LogP contribution is -2.17. The van der Waals surface area contributed by atoms with Gasteiger partial charge in [0.05, 0.1) is 17.7 Å². The van der Waals surface area contributed by atoms with Gasteiger partial charge in [-0.15, -0.1) is 0 Å². The molecule has 0 saturated carbocycles. The molecule has 0 amide bonds. The highest BCUT2D eigenvalue weighted by Gasteiger charge is 2.30. The number of pyridine rings is 1. The minimum Gasteiger partial charge on any atom is -0.459 e. The average Bonchev–Trinajstić information content (AvgIpc) is 2.60. The Morgan fingerprint density at radius 3 is 2.70 bits per heavy atom. The highest BCUT2D eigenvalue weighted by Crippen LogP contribution is 2.29. The van der Waals surface area contributed by atoms with E-state index in [-0.39, 0.29) is 29.8 Å². The Labute approximate surface area is 152 Å². The lowest BCUT2D eigenvalue weighted by atomic mass is 10.1. The van der Waals surface area contributed by atoms with E-state index < -0.39 is 17.7 Å². The highest BCUT2D eigenvalue weighted by atomic mass is 19.4. The zero-order valence-corrected chi connectivity index (χ0v) is 14.3. The largest absolute Gasteiger partial charge is 0.459 e. The summed E-state index contributed by atoms with van der Waals surface area (Å²) in [6.07, 6.45) is -3.20. The zero-order chi connectivity index (χ0) is 19.6. The molecule has 2 heterocycles. The number of benzene rings is 1. The first-order valence-corrected chi connectivity index (χ1v) is 8.04. The molecule has 0 aliphatic rings. The van der Waals surface area contributed by atoms with Gasteiger partial charge in [-0.05, 0) is 30.2 Å². The molecule has 27 heavy (non-hydrogen) atoms. The van der Waals surface area contributed by atoms with Gasteiger partial charge in [0.2, 0.25) is 0 Å². The van der Waals surface area contributed by atoms with Crippen LogP contribution in [0, 0.1) is 6.92 Å². The predicted molar refractivity (Wildman–Crippen MR) is 91.1 cm³/mol. The maximum atomic E-state index is 12.7. The Bertz CT molecular complexity index is 1060. The first-order chi connectivity index (χ1) is 12.7. The standard InChI is InChI=1S/C19H15F3N2O3/c1-12-4-3-7-24-16(25)10-15(23-18(12)24)11-27-17(26)9-13-5-2-6-14(8-13)19(20,21)22/h2-8,10H,9,11H2,1H3. The molecule has 0 atom stereocenters. The van der Waals surface area contributed by atoms with Crippen molar-refractivity contribution in [3.63, 3.8) is 0 Å².